The first-order valence-corrected chi connectivity index (χ1v) is 9.70. The van der Waals surface area contributed by atoms with E-state index in [4.69, 9.17) is 4.74 Å². The average Bonchev–Trinajstić information content (AvgIpc) is 2.60. The number of carbonyl (C=O) groups excluding carboxylic acids is 1. The molecule has 2 aromatic heterocycles. The second-order valence-electron chi connectivity index (χ2n) is 8.37. The topological polar surface area (TPSA) is 73.2 Å². The molecule has 1 amide bonds. The minimum absolute atomic E-state index is 0.215. The normalized spacial score (nSPS) is 16.7. The molecule has 0 unspecified atom stereocenters. The smallest absolute Gasteiger partial charge is 0.441 e. The Balaban J connectivity index is 1.84. The molecule has 1 saturated heterocycles. The first-order chi connectivity index (χ1) is 13.2. The highest BCUT2D eigenvalue weighted by atomic mass is 19.1. The number of hydrogen-bond donors (Lipinski definition) is 1. The molecule has 1 fully saturated rings. The van der Waals surface area contributed by atoms with Gasteiger partial charge in [0.1, 0.15) is 31.1 Å². The number of pyridine rings is 2. The Kier molecular flexibility index (Phi) is 5.69. The van der Waals surface area contributed by atoms with Crippen molar-refractivity contribution in [3.8, 4) is 0 Å². The number of nitrogens with one attached hydrogen (secondary N) is 1. The van der Waals surface area contributed by atoms with E-state index < -0.39 is 17.5 Å². The maximum atomic E-state index is 13.7. The van der Waals surface area contributed by atoms with Crippen molar-refractivity contribution in [2.24, 2.45) is 0 Å². The monoisotopic (exact) mass is 391 g/mol. The van der Waals surface area contributed by atoms with Crippen LogP contribution >= 0.6 is 0 Å². The van der Waals surface area contributed by atoms with Gasteiger partial charge in [0.15, 0.2) is 0 Å². The molecule has 0 bridgehead atoms. The third-order valence-electron chi connectivity index (χ3n) is 4.96. The van der Waals surface area contributed by atoms with Gasteiger partial charge in [-0.3, -0.25) is 9.78 Å². The van der Waals surface area contributed by atoms with Crippen LogP contribution in [0.25, 0.3) is 11.0 Å². The zero-order chi connectivity index (χ0) is 20.4. The second-order valence-corrected chi connectivity index (χ2v) is 8.37. The number of nitrogens with zero attached hydrogens (tertiary/aromatic N) is 3. The third-order valence-corrected chi connectivity index (χ3v) is 4.96. The summed E-state index contributed by atoms with van der Waals surface area (Å²) in [6.07, 6.45) is 3.75. The van der Waals surface area contributed by atoms with Crippen molar-refractivity contribution in [3.63, 3.8) is 0 Å². The van der Waals surface area contributed by atoms with Crippen molar-refractivity contribution < 1.29 is 18.5 Å². The summed E-state index contributed by atoms with van der Waals surface area (Å²) < 4.78 is 21.0. The number of likely N-dealkylation sites (tertiary alicyclic amines) is 1. The fourth-order valence-corrected chi connectivity index (χ4v) is 3.67. The third kappa shape index (κ3) is 4.86. The van der Waals surface area contributed by atoms with Gasteiger partial charge in [-0.15, -0.1) is 0 Å². The predicted molar refractivity (Wildman–Crippen MR) is 104 cm³/mol. The Hall–Kier alpha value is -2.48. The highest BCUT2D eigenvalue weighted by molar-refractivity contribution is 5.74. The number of quaternary nitrogens is 1. The van der Waals surface area contributed by atoms with E-state index in [0.29, 0.717) is 28.7 Å². The lowest BCUT2D eigenvalue weighted by molar-refractivity contribution is -0.966. The lowest BCUT2D eigenvalue weighted by Gasteiger charge is -2.40. The maximum absolute atomic E-state index is 13.7. The first kappa shape index (κ1) is 20.3. The van der Waals surface area contributed by atoms with Crippen molar-refractivity contribution in [2.75, 3.05) is 19.6 Å². The molecule has 1 aliphatic rings. The minimum atomic E-state index is -0.584. The van der Waals surface area contributed by atoms with E-state index in [9.17, 15) is 14.0 Å². The number of aromatic nitrogens is 2. The molecule has 0 saturated carbocycles. The van der Waals surface area contributed by atoms with Crippen molar-refractivity contribution >= 4 is 17.1 Å². The van der Waals surface area contributed by atoms with E-state index in [1.54, 1.807) is 6.07 Å². The van der Waals surface area contributed by atoms with Crippen LogP contribution < -0.4 is 11.0 Å². The van der Waals surface area contributed by atoms with Gasteiger partial charge in [0, 0.05) is 12.1 Å². The van der Waals surface area contributed by atoms with Crippen LogP contribution in [0, 0.1) is 5.82 Å². The molecule has 7 nitrogen and oxygen atoms in total. The summed E-state index contributed by atoms with van der Waals surface area (Å²) in [5.41, 5.74) is 3.23. The largest absolute Gasteiger partial charge is 0.452 e. The Morgan fingerprint density at radius 3 is 2.68 bits per heavy atom. The second kappa shape index (κ2) is 7.87. The van der Waals surface area contributed by atoms with Crippen LogP contribution in [0.2, 0.25) is 0 Å². The van der Waals surface area contributed by atoms with Crippen molar-refractivity contribution in [2.45, 2.75) is 52.2 Å². The number of piperidine rings is 1. The Bertz CT molecular complexity index is 914. The van der Waals surface area contributed by atoms with Gasteiger partial charge >= 0.3 is 6.09 Å². The highest BCUT2D eigenvalue weighted by Crippen LogP contribution is 2.18. The molecule has 0 spiro atoms. The fraction of sp³-hybridized carbons (Fsp3) is 0.550. The van der Waals surface area contributed by atoms with Gasteiger partial charge in [-0.2, -0.15) is 5.43 Å². The lowest BCUT2D eigenvalue weighted by Crippen LogP contribution is -2.64. The summed E-state index contributed by atoms with van der Waals surface area (Å²) in [6, 6.07) is 4.36. The van der Waals surface area contributed by atoms with E-state index >= 15 is 0 Å². The minimum Gasteiger partial charge on any atom is -0.441 e. The van der Waals surface area contributed by atoms with Crippen LogP contribution in [-0.4, -0.2) is 45.5 Å². The van der Waals surface area contributed by atoms with E-state index in [1.165, 1.54) is 16.7 Å². The average molecular weight is 391 g/mol. The Morgan fingerprint density at radius 1 is 1.29 bits per heavy atom. The van der Waals surface area contributed by atoms with Crippen LogP contribution in [0.15, 0.2) is 29.2 Å². The van der Waals surface area contributed by atoms with Crippen LogP contribution in [0.5, 0.6) is 0 Å². The molecule has 1 N–H and O–H groups in total. The van der Waals surface area contributed by atoms with Gasteiger partial charge in [0.05, 0.1) is 23.8 Å². The molecule has 2 aromatic rings. The van der Waals surface area contributed by atoms with E-state index in [0.717, 1.165) is 38.5 Å². The highest BCUT2D eigenvalue weighted by Gasteiger charge is 2.34. The summed E-state index contributed by atoms with van der Waals surface area (Å²) in [4.78, 5) is 28.9. The molecule has 3 heterocycles. The molecule has 152 valence electrons. The number of rotatable bonds is 4. The fourth-order valence-electron chi connectivity index (χ4n) is 3.67. The van der Waals surface area contributed by atoms with Crippen LogP contribution in [0.1, 0.15) is 40.0 Å². The number of carbonyl (C=O) groups is 1. The number of hydrogen-bond acceptors (Lipinski definition) is 4. The Morgan fingerprint density at radius 2 is 2.00 bits per heavy atom. The molecule has 0 atom stereocenters. The maximum Gasteiger partial charge on any atom is 0.452 e. The summed E-state index contributed by atoms with van der Waals surface area (Å²) in [5.74, 6) is -0.486. The summed E-state index contributed by atoms with van der Waals surface area (Å²) in [6.45, 7) is 7.86. The quantitative estimate of drug-likeness (QED) is 0.814. The van der Waals surface area contributed by atoms with Crippen molar-refractivity contribution in [3.05, 3.63) is 40.6 Å². The molecule has 3 rings (SSSR count). The van der Waals surface area contributed by atoms with Crippen LogP contribution in [-0.2, 0) is 11.3 Å². The molecule has 1 aliphatic heterocycles. The van der Waals surface area contributed by atoms with E-state index in [-0.39, 0.29) is 5.56 Å². The van der Waals surface area contributed by atoms with Gasteiger partial charge in [0.2, 0.25) is 0 Å². The Labute approximate surface area is 163 Å². The SMILES string of the molecule is CC(C)(C)OC(=O)N[N+]1(CCn2c(=O)ccc3ncc(F)cc32)CCCCC1. The summed E-state index contributed by atoms with van der Waals surface area (Å²) in [5, 5.41) is 0. The van der Waals surface area contributed by atoms with Gasteiger partial charge in [-0.05, 0) is 46.1 Å². The zero-order valence-electron chi connectivity index (χ0n) is 16.7. The lowest BCUT2D eigenvalue weighted by atomic mass is 10.1. The van der Waals surface area contributed by atoms with Gasteiger partial charge in [-0.25, -0.2) is 13.8 Å². The number of halogens is 1. The van der Waals surface area contributed by atoms with Crippen LogP contribution in [0.3, 0.4) is 0 Å². The predicted octanol–water partition coefficient (Wildman–Crippen LogP) is 2.98. The van der Waals surface area contributed by atoms with Crippen molar-refractivity contribution in [1.29, 1.82) is 0 Å². The number of amides is 1. The van der Waals surface area contributed by atoms with Gasteiger partial charge < -0.3 is 9.30 Å². The summed E-state index contributed by atoms with van der Waals surface area (Å²) >= 11 is 0. The molecule has 0 radical (unpaired) electrons. The van der Waals surface area contributed by atoms with E-state index in [1.807, 2.05) is 20.8 Å². The van der Waals surface area contributed by atoms with Gasteiger partial charge in [0.25, 0.3) is 5.56 Å². The molecule has 8 heteroatoms. The standard InChI is InChI=1S/C20H27FN4O3/c1-20(2,3)28-19(27)23-25(10-5-4-6-11-25)12-9-24-17-13-15(21)14-22-16(17)7-8-18(24)26/h7-8,13-14H,4-6,9-12H2,1-3H3/p+1. The summed E-state index contributed by atoms with van der Waals surface area (Å²) in [7, 11) is 0. The molecule has 0 aliphatic carbocycles. The molecule has 0 aromatic carbocycles. The molecule has 28 heavy (non-hydrogen) atoms. The molecular formula is C20H28FN4O3+. The van der Waals surface area contributed by atoms with Gasteiger partial charge in [-0.1, -0.05) is 0 Å². The number of fused-ring (bicyclic) bond motifs is 1. The first-order valence-electron chi connectivity index (χ1n) is 9.70. The molecular weight excluding hydrogens is 363 g/mol. The van der Waals surface area contributed by atoms with E-state index in [2.05, 4.69) is 10.4 Å². The van der Waals surface area contributed by atoms with Crippen LogP contribution in [0.4, 0.5) is 9.18 Å². The zero-order valence-corrected chi connectivity index (χ0v) is 16.7. The van der Waals surface area contributed by atoms with Crippen molar-refractivity contribution in [1.82, 2.24) is 15.0 Å². The number of ether oxygens (including phenoxy) is 1.